The van der Waals surface area contributed by atoms with Crippen molar-refractivity contribution in [2.75, 3.05) is 26.4 Å². The summed E-state index contributed by atoms with van der Waals surface area (Å²) in [4.78, 5) is 11.8. The van der Waals surface area contributed by atoms with Crippen LogP contribution in [0.1, 0.15) is 46.6 Å². The smallest absolute Gasteiger partial charge is 0.257 e. The van der Waals surface area contributed by atoms with Gasteiger partial charge in [0.15, 0.2) is 6.61 Å². The summed E-state index contributed by atoms with van der Waals surface area (Å²) in [5.74, 6) is 1.22. The fourth-order valence-corrected chi connectivity index (χ4v) is 2.13. The summed E-state index contributed by atoms with van der Waals surface area (Å²) in [5, 5.41) is 2.86. The molecular weight excluding hydrogens is 290 g/mol. The van der Waals surface area contributed by atoms with Crippen molar-refractivity contribution in [2.24, 2.45) is 5.92 Å². The van der Waals surface area contributed by atoms with E-state index in [1.807, 2.05) is 24.3 Å². The van der Waals surface area contributed by atoms with Crippen LogP contribution in [0.4, 0.5) is 0 Å². The molecule has 1 aromatic carbocycles. The molecule has 130 valence electrons. The highest BCUT2D eigenvalue weighted by molar-refractivity contribution is 5.77. The number of carbonyl (C=O) groups excluding carboxylic acids is 1. The van der Waals surface area contributed by atoms with Crippen LogP contribution in [0.5, 0.6) is 5.75 Å². The van der Waals surface area contributed by atoms with Gasteiger partial charge < -0.3 is 14.8 Å². The second-order valence-electron chi connectivity index (χ2n) is 7.21. The first-order valence-corrected chi connectivity index (χ1v) is 8.37. The van der Waals surface area contributed by atoms with E-state index in [4.69, 9.17) is 9.47 Å². The predicted octanol–water partition coefficient (Wildman–Crippen LogP) is 3.54. The SMILES string of the molecule is CC(C)COCCCNC(=O)COc1ccccc1C(C)(C)C. The van der Waals surface area contributed by atoms with Gasteiger partial charge in [-0.25, -0.2) is 0 Å². The van der Waals surface area contributed by atoms with Gasteiger partial charge in [0.2, 0.25) is 0 Å². The number of nitrogens with one attached hydrogen (secondary N) is 1. The third kappa shape index (κ3) is 8.03. The summed E-state index contributed by atoms with van der Waals surface area (Å²) in [6, 6.07) is 7.87. The van der Waals surface area contributed by atoms with Crippen LogP contribution in [0.25, 0.3) is 0 Å². The largest absolute Gasteiger partial charge is 0.483 e. The van der Waals surface area contributed by atoms with E-state index >= 15 is 0 Å². The Labute approximate surface area is 140 Å². The lowest BCUT2D eigenvalue weighted by molar-refractivity contribution is -0.123. The molecule has 0 aliphatic rings. The molecule has 0 unspecified atom stereocenters. The number of para-hydroxylation sites is 1. The standard InChI is InChI=1S/C19H31NO3/c1-15(2)13-22-12-8-11-20-18(21)14-23-17-10-7-6-9-16(17)19(3,4)5/h6-7,9-10,15H,8,11-14H2,1-5H3,(H,20,21). The fourth-order valence-electron chi connectivity index (χ4n) is 2.13. The van der Waals surface area contributed by atoms with Crippen molar-refractivity contribution in [2.45, 2.75) is 46.5 Å². The Bertz CT molecular complexity index is 478. The average Bonchev–Trinajstić information content (AvgIpc) is 2.47. The number of rotatable bonds is 9. The Balaban J connectivity index is 2.29. The second-order valence-corrected chi connectivity index (χ2v) is 7.21. The molecule has 0 saturated heterocycles. The van der Waals surface area contributed by atoms with Crippen molar-refractivity contribution in [3.63, 3.8) is 0 Å². The van der Waals surface area contributed by atoms with Gasteiger partial charge in [0.1, 0.15) is 5.75 Å². The number of benzene rings is 1. The van der Waals surface area contributed by atoms with Gasteiger partial charge in [0, 0.05) is 19.8 Å². The van der Waals surface area contributed by atoms with Crippen molar-refractivity contribution in [1.29, 1.82) is 0 Å². The summed E-state index contributed by atoms with van der Waals surface area (Å²) < 4.78 is 11.2. The topological polar surface area (TPSA) is 47.6 Å². The fraction of sp³-hybridized carbons (Fsp3) is 0.632. The van der Waals surface area contributed by atoms with Gasteiger partial charge in [-0.15, -0.1) is 0 Å². The van der Waals surface area contributed by atoms with Crippen molar-refractivity contribution in [3.8, 4) is 5.75 Å². The normalized spacial score (nSPS) is 11.6. The molecule has 23 heavy (non-hydrogen) atoms. The van der Waals surface area contributed by atoms with Crippen LogP contribution in [0.15, 0.2) is 24.3 Å². The van der Waals surface area contributed by atoms with Gasteiger partial charge in [-0.2, -0.15) is 0 Å². The maximum Gasteiger partial charge on any atom is 0.257 e. The van der Waals surface area contributed by atoms with Gasteiger partial charge in [-0.05, 0) is 29.4 Å². The molecule has 1 rings (SSSR count). The van der Waals surface area contributed by atoms with E-state index in [1.165, 1.54) is 0 Å². The van der Waals surface area contributed by atoms with Gasteiger partial charge in [-0.3, -0.25) is 4.79 Å². The quantitative estimate of drug-likeness (QED) is 0.708. The van der Waals surface area contributed by atoms with Crippen LogP contribution in [-0.2, 0) is 14.9 Å². The van der Waals surface area contributed by atoms with E-state index in [2.05, 4.69) is 39.9 Å². The van der Waals surface area contributed by atoms with Crippen LogP contribution >= 0.6 is 0 Å². The molecule has 0 aliphatic heterocycles. The monoisotopic (exact) mass is 321 g/mol. The van der Waals surface area contributed by atoms with Gasteiger partial charge in [0.25, 0.3) is 5.91 Å². The van der Waals surface area contributed by atoms with E-state index in [0.717, 1.165) is 24.3 Å². The molecule has 4 nitrogen and oxygen atoms in total. The van der Waals surface area contributed by atoms with E-state index in [0.29, 0.717) is 19.1 Å². The first-order chi connectivity index (χ1) is 10.8. The summed E-state index contributed by atoms with van der Waals surface area (Å²) in [7, 11) is 0. The Morgan fingerprint density at radius 2 is 1.91 bits per heavy atom. The minimum atomic E-state index is -0.0995. The first-order valence-electron chi connectivity index (χ1n) is 8.37. The molecular formula is C19H31NO3. The summed E-state index contributed by atoms with van der Waals surface area (Å²) in [6.07, 6.45) is 0.817. The van der Waals surface area contributed by atoms with Crippen molar-refractivity contribution < 1.29 is 14.3 Å². The summed E-state index contributed by atoms with van der Waals surface area (Å²) in [6.45, 7) is 12.7. The molecule has 0 heterocycles. The van der Waals surface area contributed by atoms with Crippen LogP contribution < -0.4 is 10.1 Å². The molecule has 0 radical (unpaired) electrons. The Morgan fingerprint density at radius 3 is 2.57 bits per heavy atom. The summed E-state index contributed by atoms with van der Waals surface area (Å²) >= 11 is 0. The molecule has 0 aromatic heterocycles. The van der Waals surface area contributed by atoms with E-state index in [-0.39, 0.29) is 17.9 Å². The molecule has 1 N–H and O–H groups in total. The number of ether oxygens (including phenoxy) is 2. The zero-order chi connectivity index (χ0) is 17.3. The zero-order valence-corrected chi connectivity index (χ0v) is 15.1. The second kappa shape index (κ2) is 9.56. The van der Waals surface area contributed by atoms with Crippen molar-refractivity contribution in [3.05, 3.63) is 29.8 Å². The number of hydrogen-bond acceptors (Lipinski definition) is 3. The third-order valence-corrected chi connectivity index (χ3v) is 3.29. The van der Waals surface area contributed by atoms with Gasteiger partial charge >= 0.3 is 0 Å². The molecule has 0 saturated carbocycles. The van der Waals surface area contributed by atoms with Crippen LogP contribution in [0, 0.1) is 5.92 Å². The molecule has 4 heteroatoms. The van der Waals surface area contributed by atoms with E-state index in [1.54, 1.807) is 0 Å². The minimum Gasteiger partial charge on any atom is -0.483 e. The van der Waals surface area contributed by atoms with Crippen LogP contribution in [-0.4, -0.2) is 32.3 Å². The number of amides is 1. The maximum atomic E-state index is 11.8. The highest BCUT2D eigenvalue weighted by atomic mass is 16.5. The Morgan fingerprint density at radius 1 is 1.22 bits per heavy atom. The Hall–Kier alpha value is -1.55. The molecule has 0 aliphatic carbocycles. The number of carbonyl (C=O) groups is 1. The average molecular weight is 321 g/mol. The van der Waals surface area contributed by atoms with Crippen LogP contribution in [0.2, 0.25) is 0 Å². The lowest BCUT2D eigenvalue weighted by atomic mass is 9.86. The zero-order valence-electron chi connectivity index (χ0n) is 15.1. The molecule has 0 fully saturated rings. The molecule has 0 spiro atoms. The van der Waals surface area contributed by atoms with Crippen molar-refractivity contribution >= 4 is 5.91 Å². The predicted molar refractivity (Wildman–Crippen MR) is 93.9 cm³/mol. The number of hydrogen-bond donors (Lipinski definition) is 1. The van der Waals surface area contributed by atoms with E-state index in [9.17, 15) is 4.79 Å². The molecule has 0 atom stereocenters. The van der Waals surface area contributed by atoms with Gasteiger partial charge in [-0.1, -0.05) is 52.8 Å². The third-order valence-electron chi connectivity index (χ3n) is 3.29. The first kappa shape index (κ1) is 19.5. The van der Waals surface area contributed by atoms with E-state index < -0.39 is 0 Å². The summed E-state index contributed by atoms with van der Waals surface area (Å²) in [5.41, 5.74) is 1.09. The van der Waals surface area contributed by atoms with Crippen LogP contribution in [0.3, 0.4) is 0 Å². The molecule has 1 aromatic rings. The Kier molecular flexibility index (Phi) is 8.10. The maximum absolute atomic E-state index is 11.8. The van der Waals surface area contributed by atoms with Gasteiger partial charge in [0.05, 0.1) is 0 Å². The van der Waals surface area contributed by atoms with Crippen molar-refractivity contribution in [1.82, 2.24) is 5.32 Å². The lowest BCUT2D eigenvalue weighted by Gasteiger charge is -2.22. The highest BCUT2D eigenvalue weighted by Crippen LogP contribution is 2.30. The molecule has 1 amide bonds. The highest BCUT2D eigenvalue weighted by Gasteiger charge is 2.18. The molecule has 0 bridgehead atoms. The minimum absolute atomic E-state index is 0.0131. The lowest BCUT2D eigenvalue weighted by Crippen LogP contribution is -2.30.